The maximum absolute atomic E-state index is 11.8. The standard InChI is InChI=1S/C17H26N4O2/c22-17(20-12-15-6-9-23-13-15)19-11-14-4-5-16(18-10-14)21-7-2-1-3-8-21/h4-5,10,15H,1-3,6-9,11-13H2,(H2,19,20,22). The normalized spacial score (nSPS) is 21.2. The van der Waals surface area contributed by atoms with Crippen molar-refractivity contribution in [3.05, 3.63) is 23.9 Å². The predicted octanol–water partition coefficient (Wildman–Crippen LogP) is 1.91. The molecule has 1 aromatic rings. The van der Waals surface area contributed by atoms with Crippen molar-refractivity contribution in [1.29, 1.82) is 0 Å². The number of nitrogens with zero attached hydrogens (tertiary/aromatic N) is 2. The summed E-state index contributed by atoms with van der Waals surface area (Å²) < 4.78 is 5.30. The van der Waals surface area contributed by atoms with Crippen molar-refractivity contribution in [1.82, 2.24) is 15.6 Å². The number of nitrogens with one attached hydrogen (secondary N) is 2. The highest BCUT2D eigenvalue weighted by Crippen LogP contribution is 2.17. The first-order valence-electron chi connectivity index (χ1n) is 8.60. The van der Waals surface area contributed by atoms with Crippen LogP contribution in [0.4, 0.5) is 10.6 Å². The summed E-state index contributed by atoms with van der Waals surface area (Å²) in [6.45, 7) is 4.93. The molecule has 0 aromatic carbocycles. The maximum atomic E-state index is 11.8. The van der Waals surface area contributed by atoms with Gasteiger partial charge in [-0.05, 0) is 37.3 Å². The second kappa shape index (κ2) is 8.15. The van der Waals surface area contributed by atoms with Crippen LogP contribution in [0.3, 0.4) is 0 Å². The van der Waals surface area contributed by atoms with Crippen molar-refractivity contribution >= 4 is 11.8 Å². The van der Waals surface area contributed by atoms with E-state index in [9.17, 15) is 4.79 Å². The molecule has 6 nitrogen and oxygen atoms in total. The zero-order valence-electron chi connectivity index (χ0n) is 13.6. The lowest BCUT2D eigenvalue weighted by atomic mass is 10.1. The fraction of sp³-hybridized carbons (Fsp3) is 0.647. The van der Waals surface area contributed by atoms with Crippen molar-refractivity contribution < 1.29 is 9.53 Å². The smallest absolute Gasteiger partial charge is 0.315 e. The average molecular weight is 318 g/mol. The van der Waals surface area contributed by atoms with E-state index in [-0.39, 0.29) is 6.03 Å². The zero-order chi connectivity index (χ0) is 15.9. The van der Waals surface area contributed by atoms with Crippen LogP contribution in [0.1, 0.15) is 31.2 Å². The third-order valence-electron chi connectivity index (χ3n) is 4.52. The van der Waals surface area contributed by atoms with Gasteiger partial charge < -0.3 is 20.3 Å². The minimum Gasteiger partial charge on any atom is -0.381 e. The van der Waals surface area contributed by atoms with Crippen LogP contribution in [0.2, 0.25) is 0 Å². The van der Waals surface area contributed by atoms with Gasteiger partial charge in [-0.2, -0.15) is 0 Å². The number of rotatable bonds is 5. The molecule has 0 radical (unpaired) electrons. The van der Waals surface area contributed by atoms with Crippen LogP contribution in [0.15, 0.2) is 18.3 Å². The quantitative estimate of drug-likeness (QED) is 0.870. The Bertz CT molecular complexity index is 494. The number of carbonyl (C=O) groups excluding carboxylic acids is 1. The number of urea groups is 1. The summed E-state index contributed by atoms with van der Waals surface area (Å²) in [5.74, 6) is 1.49. The lowest BCUT2D eigenvalue weighted by molar-refractivity contribution is 0.185. The molecule has 0 bridgehead atoms. The first-order valence-corrected chi connectivity index (χ1v) is 8.60. The molecule has 126 valence electrons. The van der Waals surface area contributed by atoms with Gasteiger partial charge in [0.05, 0.1) is 6.61 Å². The van der Waals surface area contributed by atoms with Crippen molar-refractivity contribution in [2.45, 2.75) is 32.2 Å². The fourth-order valence-electron chi connectivity index (χ4n) is 3.06. The van der Waals surface area contributed by atoms with Crippen LogP contribution in [0, 0.1) is 5.92 Å². The minimum absolute atomic E-state index is 0.128. The topological polar surface area (TPSA) is 66.5 Å². The Hall–Kier alpha value is -1.82. The summed E-state index contributed by atoms with van der Waals surface area (Å²) >= 11 is 0. The Balaban J connectivity index is 1.40. The Morgan fingerprint density at radius 3 is 2.83 bits per heavy atom. The number of aromatic nitrogens is 1. The van der Waals surface area contributed by atoms with Crippen LogP contribution >= 0.6 is 0 Å². The average Bonchev–Trinajstić information content (AvgIpc) is 3.13. The van der Waals surface area contributed by atoms with E-state index in [1.807, 2.05) is 12.3 Å². The first kappa shape index (κ1) is 16.1. The third kappa shape index (κ3) is 4.82. The predicted molar refractivity (Wildman–Crippen MR) is 89.5 cm³/mol. The van der Waals surface area contributed by atoms with Gasteiger partial charge in [0.1, 0.15) is 5.82 Å². The molecule has 1 aromatic heterocycles. The fourth-order valence-corrected chi connectivity index (χ4v) is 3.06. The molecule has 2 aliphatic rings. The minimum atomic E-state index is -0.128. The largest absolute Gasteiger partial charge is 0.381 e. The second-order valence-electron chi connectivity index (χ2n) is 6.37. The molecular formula is C17H26N4O2. The monoisotopic (exact) mass is 318 g/mol. The number of ether oxygens (including phenoxy) is 1. The van der Waals surface area contributed by atoms with Gasteiger partial charge in [-0.1, -0.05) is 6.07 Å². The molecule has 2 N–H and O–H groups in total. The molecule has 1 unspecified atom stereocenters. The lowest BCUT2D eigenvalue weighted by Gasteiger charge is -2.27. The van der Waals surface area contributed by atoms with Crippen LogP contribution < -0.4 is 15.5 Å². The lowest BCUT2D eigenvalue weighted by Crippen LogP contribution is -2.38. The summed E-state index contributed by atoms with van der Waals surface area (Å²) in [4.78, 5) is 18.7. The van der Waals surface area contributed by atoms with Crippen molar-refractivity contribution in [2.75, 3.05) is 37.7 Å². The van der Waals surface area contributed by atoms with Gasteiger partial charge in [0.15, 0.2) is 0 Å². The van der Waals surface area contributed by atoms with Gasteiger partial charge in [-0.25, -0.2) is 9.78 Å². The van der Waals surface area contributed by atoms with Gasteiger partial charge >= 0.3 is 6.03 Å². The SMILES string of the molecule is O=C(NCc1ccc(N2CCCCC2)nc1)NCC1CCOC1. The van der Waals surface area contributed by atoms with E-state index >= 15 is 0 Å². The molecule has 6 heteroatoms. The second-order valence-corrected chi connectivity index (χ2v) is 6.37. The van der Waals surface area contributed by atoms with Crippen molar-refractivity contribution in [2.24, 2.45) is 5.92 Å². The van der Waals surface area contributed by atoms with E-state index in [0.717, 1.165) is 44.1 Å². The van der Waals surface area contributed by atoms with Gasteiger partial charge in [0.2, 0.25) is 0 Å². The van der Waals surface area contributed by atoms with E-state index in [4.69, 9.17) is 4.74 Å². The van der Waals surface area contributed by atoms with Crippen LogP contribution in [-0.4, -0.2) is 43.9 Å². The van der Waals surface area contributed by atoms with Gasteiger partial charge in [-0.3, -0.25) is 0 Å². The van der Waals surface area contributed by atoms with Gasteiger partial charge in [-0.15, -0.1) is 0 Å². The first-order chi connectivity index (χ1) is 11.3. The van der Waals surface area contributed by atoms with Gasteiger partial charge in [0.25, 0.3) is 0 Å². The summed E-state index contributed by atoms with van der Waals surface area (Å²) in [5.41, 5.74) is 1.02. The number of pyridine rings is 1. The molecule has 0 spiro atoms. The summed E-state index contributed by atoms with van der Waals surface area (Å²) in [6.07, 6.45) is 6.70. The van der Waals surface area contributed by atoms with Crippen molar-refractivity contribution in [3.8, 4) is 0 Å². The molecule has 1 atom stereocenters. The molecule has 3 rings (SSSR count). The van der Waals surface area contributed by atoms with E-state index < -0.39 is 0 Å². The van der Waals surface area contributed by atoms with E-state index in [2.05, 4.69) is 26.6 Å². The summed E-state index contributed by atoms with van der Waals surface area (Å²) in [6, 6.07) is 3.97. The van der Waals surface area contributed by atoms with E-state index in [1.54, 1.807) is 0 Å². The number of amides is 2. The highest BCUT2D eigenvalue weighted by atomic mass is 16.5. The molecule has 2 amide bonds. The molecular weight excluding hydrogens is 292 g/mol. The Labute approximate surface area is 137 Å². The van der Waals surface area contributed by atoms with E-state index in [1.165, 1.54) is 19.3 Å². The van der Waals surface area contributed by atoms with Crippen LogP contribution in [0.25, 0.3) is 0 Å². The van der Waals surface area contributed by atoms with Crippen LogP contribution in [-0.2, 0) is 11.3 Å². The number of piperidine rings is 1. The molecule has 23 heavy (non-hydrogen) atoms. The van der Waals surface area contributed by atoms with E-state index in [0.29, 0.717) is 19.0 Å². The molecule has 0 saturated carbocycles. The molecule has 2 aliphatic heterocycles. The number of anilines is 1. The zero-order valence-corrected chi connectivity index (χ0v) is 13.6. The number of hydrogen-bond donors (Lipinski definition) is 2. The Morgan fingerprint density at radius 2 is 2.13 bits per heavy atom. The molecule has 3 heterocycles. The Kier molecular flexibility index (Phi) is 5.69. The molecule has 2 fully saturated rings. The maximum Gasteiger partial charge on any atom is 0.315 e. The van der Waals surface area contributed by atoms with Crippen LogP contribution in [0.5, 0.6) is 0 Å². The third-order valence-corrected chi connectivity index (χ3v) is 4.52. The summed E-state index contributed by atoms with van der Waals surface area (Å²) in [5, 5.41) is 5.78. The Morgan fingerprint density at radius 1 is 1.26 bits per heavy atom. The van der Waals surface area contributed by atoms with Gasteiger partial charge in [0, 0.05) is 44.9 Å². The number of hydrogen-bond acceptors (Lipinski definition) is 4. The molecule has 2 saturated heterocycles. The number of carbonyl (C=O) groups is 1. The van der Waals surface area contributed by atoms with Crippen molar-refractivity contribution in [3.63, 3.8) is 0 Å². The highest BCUT2D eigenvalue weighted by molar-refractivity contribution is 5.73. The highest BCUT2D eigenvalue weighted by Gasteiger charge is 2.16. The summed E-state index contributed by atoms with van der Waals surface area (Å²) in [7, 11) is 0. The molecule has 0 aliphatic carbocycles.